The molecule has 210 valence electrons. The van der Waals surface area contributed by atoms with Gasteiger partial charge in [-0.3, -0.25) is 19.0 Å². The summed E-state index contributed by atoms with van der Waals surface area (Å²) in [6.07, 6.45) is -3.96. The number of nitrogens with one attached hydrogen (secondary N) is 1. The molecule has 2 aromatic heterocycles. The van der Waals surface area contributed by atoms with E-state index in [-0.39, 0.29) is 35.1 Å². The molecule has 0 atom stereocenters. The number of aromatic nitrogens is 3. The molecule has 0 unspecified atom stereocenters. The molecule has 1 aliphatic rings. The lowest BCUT2D eigenvalue weighted by atomic mass is 10.0. The number of hydrogen-bond acceptors (Lipinski definition) is 6. The molecule has 0 saturated carbocycles. The molecule has 1 fully saturated rings. The predicted octanol–water partition coefficient (Wildman–Crippen LogP) is 2.40. The minimum Gasteiger partial charge on any atom is -0.481 e. The number of carbonyl (C=O) groups is 2. The maximum atomic E-state index is 13.6. The minimum atomic E-state index is -4.72. The van der Waals surface area contributed by atoms with Crippen molar-refractivity contribution in [2.75, 3.05) is 26.3 Å². The molecule has 1 saturated heterocycles. The number of hydrogen-bond donors (Lipinski definition) is 2. The Bertz CT molecular complexity index is 1460. The summed E-state index contributed by atoms with van der Waals surface area (Å²) in [5.74, 6) is -1.39. The van der Waals surface area contributed by atoms with E-state index in [1.165, 1.54) is 21.1 Å². The van der Waals surface area contributed by atoms with Crippen molar-refractivity contribution in [2.45, 2.75) is 38.5 Å². The highest BCUT2D eigenvalue weighted by molar-refractivity contribution is 6.30. The molecular formula is C25H27ClF3N5O5. The second kappa shape index (κ2) is 11.3. The second-order valence-corrected chi connectivity index (χ2v) is 9.74. The van der Waals surface area contributed by atoms with Crippen LogP contribution in [0.4, 0.5) is 13.2 Å². The van der Waals surface area contributed by atoms with Crippen molar-refractivity contribution in [1.82, 2.24) is 24.3 Å². The van der Waals surface area contributed by atoms with Crippen LogP contribution in [0.15, 0.2) is 29.1 Å². The number of benzene rings is 1. The number of nitrogens with zero attached hydrogens (tertiary/aromatic N) is 4. The molecule has 14 heteroatoms. The average Bonchev–Trinajstić information content (AvgIpc) is 3.16. The first-order valence-electron chi connectivity index (χ1n) is 12.1. The molecule has 4 rings (SSSR count). The van der Waals surface area contributed by atoms with Crippen LogP contribution in [0.1, 0.15) is 34.7 Å². The van der Waals surface area contributed by atoms with Crippen molar-refractivity contribution in [1.29, 1.82) is 0 Å². The summed E-state index contributed by atoms with van der Waals surface area (Å²) in [6, 6.07) is 6.38. The van der Waals surface area contributed by atoms with E-state index >= 15 is 0 Å². The van der Waals surface area contributed by atoms with Crippen LogP contribution in [0.5, 0.6) is 5.75 Å². The number of rotatable bonds is 7. The number of carbonyl (C=O) groups excluding carboxylic acids is 2. The summed E-state index contributed by atoms with van der Waals surface area (Å²) in [4.78, 5) is 44.6. The van der Waals surface area contributed by atoms with Gasteiger partial charge in [-0.1, -0.05) is 23.7 Å². The lowest BCUT2D eigenvalue weighted by molar-refractivity contribution is -0.153. The normalized spacial score (nSPS) is 14.6. The fourth-order valence-electron chi connectivity index (χ4n) is 4.65. The van der Waals surface area contributed by atoms with Crippen molar-refractivity contribution in [3.63, 3.8) is 0 Å². The second-order valence-electron chi connectivity index (χ2n) is 9.31. The van der Waals surface area contributed by atoms with E-state index in [0.717, 1.165) is 0 Å². The van der Waals surface area contributed by atoms with Gasteiger partial charge in [0.1, 0.15) is 17.8 Å². The third kappa shape index (κ3) is 6.19. The highest BCUT2D eigenvalue weighted by Gasteiger charge is 2.34. The van der Waals surface area contributed by atoms with E-state index in [9.17, 15) is 27.6 Å². The Morgan fingerprint density at radius 3 is 2.56 bits per heavy atom. The van der Waals surface area contributed by atoms with E-state index in [1.807, 2.05) is 0 Å². The Hall–Kier alpha value is -3.58. The number of aryl methyl sites for hydroxylation is 2. The standard InChI is InChI=1S/C25H27ClF3N5O5/c1-14-30-22-19(24(38)34(14)11-15-4-3-5-16(26)10-15)21(39-13-25(27,28)29)20(32(22)2)23(37)31-17-6-8-33(9-7-17)18(36)12-35/h3-5,10,17,35H,6-9,11-13H2,1-2H3,(H,31,37). The number of aliphatic hydroxyl groups excluding tert-OH is 1. The molecule has 0 spiro atoms. The van der Waals surface area contributed by atoms with E-state index in [4.69, 9.17) is 21.4 Å². The number of likely N-dealkylation sites (tertiary alicyclic amines) is 1. The molecular weight excluding hydrogens is 543 g/mol. The van der Waals surface area contributed by atoms with Crippen LogP contribution < -0.4 is 15.6 Å². The number of fused-ring (bicyclic) bond motifs is 1. The number of amides is 2. The molecule has 1 aromatic carbocycles. The maximum absolute atomic E-state index is 13.6. The van der Waals surface area contributed by atoms with Crippen LogP contribution in [0.2, 0.25) is 5.02 Å². The highest BCUT2D eigenvalue weighted by atomic mass is 35.5. The first-order chi connectivity index (χ1) is 18.4. The zero-order valence-corrected chi connectivity index (χ0v) is 22.0. The molecule has 3 heterocycles. The van der Waals surface area contributed by atoms with E-state index in [2.05, 4.69) is 10.3 Å². The zero-order chi connectivity index (χ0) is 28.5. The molecule has 39 heavy (non-hydrogen) atoms. The van der Waals surface area contributed by atoms with E-state index in [1.54, 1.807) is 31.2 Å². The number of alkyl halides is 3. The topological polar surface area (TPSA) is 119 Å². The SMILES string of the molecule is Cc1nc2c(c(OCC(F)(F)F)c(C(=O)NC3CCN(C(=O)CO)CC3)n2C)c(=O)n1Cc1cccc(Cl)c1. The van der Waals surface area contributed by atoms with Gasteiger partial charge in [-0.15, -0.1) is 0 Å². The first kappa shape index (κ1) is 28.4. The Kier molecular flexibility index (Phi) is 8.21. The van der Waals surface area contributed by atoms with Crippen molar-refractivity contribution in [2.24, 2.45) is 7.05 Å². The monoisotopic (exact) mass is 569 g/mol. The third-order valence-corrected chi connectivity index (χ3v) is 6.81. The molecule has 0 bridgehead atoms. The van der Waals surface area contributed by atoms with Crippen LogP contribution in [0.3, 0.4) is 0 Å². The summed E-state index contributed by atoms with van der Waals surface area (Å²) in [5.41, 5.74) is -0.259. The summed E-state index contributed by atoms with van der Waals surface area (Å²) in [5, 5.41) is 12.0. The zero-order valence-electron chi connectivity index (χ0n) is 21.2. The van der Waals surface area contributed by atoms with E-state index in [0.29, 0.717) is 36.5 Å². The molecule has 1 aliphatic heterocycles. The number of halogens is 4. The van der Waals surface area contributed by atoms with Crippen LogP contribution in [0, 0.1) is 6.92 Å². The molecule has 0 aliphatic carbocycles. The first-order valence-corrected chi connectivity index (χ1v) is 12.5. The van der Waals surface area contributed by atoms with Gasteiger partial charge in [-0.25, -0.2) is 4.98 Å². The Labute approximate surface area is 225 Å². The van der Waals surface area contributed by atoms with Crippen LogP contribution in [0.25, 0.3) is 11.0 Å². The van der Waals surface area contributed by atoms with Crippen LogP contribution >= 0.6 is 11.6 Å². The fraction of sp³-hybridized carbons (Fsp3) is 0.440. The molecule has 3 aromatic rings. The minimum absolute atomic E-state index is 0.00512. The average molecular weight is 570 g/mol. The van der Waals surface area contributed by atoms with Crippen molar-refractivity contribution in [3.8, 4) is 5.75 Å². The maximum Gasteiger partial charge on any atom is 0.422 e. The van der Waals surface area contributed by atoms with Crippen LogP contribution in [-0.2, 0) is 18.4 Å². The quantitative estimate of drug-likeness (QED) is 0.451. The number of aliphatic hydroxyl groups is 1. The van der Waals surface area contributed by atoms with Gasteiger partial charge in [-0.05, 0) is 37.5 Å². The Balaban J connectivity index is 1.73. The Morgan fingerprint density at radius 2 is 1.95 bits per heavy atom. The van der Waals surface area contributed by atoms with Gasteiger partial charge >= 0.3 is 6.18 Å². The fourth-order valence-corrected chi connectivity index (χ4v) is 4.86. The number of ether oxygens (including phenoxy) is 1. The molecule has 2 N–H and O–H groups in total. The van der Waals surface area contributed by atoms with Gasteiger partial charge in [-0.2, -0.15) is 13.2 Å². The molecule has 2 amide bonds. The van der Waals surface area contributed by atoms with Gasteiger partial charge in [0.15, 0.2) is 23.7 Å². The molecule has 10 nitrogen and oxygen atoms in total. The predicted molar refractivity (Wildman–Crippen MR) is 136 cm³/mol. The molecule has 0 radical (unpaired) electrons. The lowest BCUT2D eigenvalue weighted by Gasteiger charge is -2.32. The van der Waals surface area contributed by atoms with Crippen molar-refractivity contribution < 1.29 is 32.6 Å². The largest absolute Gasteiger partial charge is 0.481 e. The van der Waals surface area contributed by atoms with Gasteiger partial charge in [0.05, 0.1) is 6.54 Å². The summed E-state index contributed by atoms with van der Waals surface area (Å²) in [7, 11) is 1.42. The Morgan fingerprint density at radius 1 is 1.26 bits per heavy atom. The van der Waals surface area contributed by atoms with Crippen molar-refractivity contribution >= 4 is 34.4 Å². The number of piperidine rings is 1. The highest BCUT2D eigenvalue weighted by Crippen LogP contribution is 2.32. The van der Waals surface area contributed by atoms with Gasteiger partial charge < -0.3 is 24.6 Å². The van der Waals surface area contributed by atoms with Gasteiger partial charge in [0, 0.05) is 31.2 Å². The third-order valence-electron chi connectivity index (χ3n) is 6.58. The summed E-state index contributed by atoms with van der Waals surface area (Å²) >= 11 is 6.06. The van der Waals surface area contributed by atoms with Gasteiger partial charge in [0.25, 0.3) is 11.5 Å². The van der Waals surface area contributed by atoms with Crippen LogP contribution in [-0.4, -0.2) is 74.5 Å². The van der Waals surface area contributed by atoms with E-state index < -0.39 is 42.5 Å². The lowest BCUT2D eigenvalue weighted by Crippen LogP contribution is -2.47. The van der Waals surface area contributed by atoms with Gasteiger partial charge in [0.2, 0.25) is 5.91 Å². The summed E-state index contributed by atoms with van der Waals surface area (Å²) in [6.45, 7) is -0.105. The van der Waals surface area contributed by atoms with Crippen molar-refractivity contribution in [3.05, 3.63) is 56.7 Å². The summed E-state index contributed by atoms with van der Waals surface area (Å²) < 4.78 is 47.1. The smallest absolute Gasteiger partial charge is 0.422 e.